The van der Waals surface area contributed by atoms with E-state index in [1.807, 2.05) is 0 Å². The molecule has 6 nitrogen and oxygen atoms in total. The lowest BCUT2D eigenvalue weighted by molar-refractivity contribution is -0.384. The first-order valence-electron chi connectivity index (χ1n) is 6.84. The highest BCUT2D eigenvalue weighted by Crippen LogP contribution is 2.39. The molecule has 2 heterocycles. The summed E-state index contributed by atoms with van der Waals surface area (Å²) in [6.45, 7) is 0.833. The molecule has 2 aliphatic rings. The normalized spacial score (nSPS) is 24.7. The number of carboxylic acids is 1. The van der Waals surface area contributed by atoms with Gasteiger partial charge in [0, 0.05) is 30.4 Å². The SMILES string of the molecule is O=C(O)[C@@H]1Cc2cc([N+](=O)[O-])ccc2N2CCCC[C@@H]12. The number of carbonyl (C=O) groups is 1. The number of anilines is 1. The lowest BCUT2D eigenvalue weighted by atomic mass is 9.81. The number of nitro benzene ring substituents is 1. The maximum Gasteiger partial charge on any atom is 0.308 e. The summed E-state index contributed by atoms with van der Waals surface area (Å²) < 4.78 is 0. The van der Waals surface area contributed by atoms with Crippen LogP contribution in [0.3, 0.4) is 0 Å². The van der Waals surface area contributed by atoms with E-state index < -0.39 is 16.8 Å². The Kier molecular flexibility index (Phi) is 3.08. The number of rotatable bonds is 2. The van der Waals surface area contributed by atoms with Gasteiger partial charge in [-0.1, -0.05) is 0 Å². The molecule has 0 aromatic heterocycles. The van der Waals surface area contributed by atoms with Crippen molar-refractivity contribution in [3.05, 3.63) is 33.9 Å². The molecule has 2 aliphatic heterocycles. The minimum atomic E-state index is -0.806. The first kappa shape index (κ1) is 12.9. The Morgan fingerprint density at radius 2 is 2.20 bits per heavy atom. The molecule has 0 bridgehead atoms. The lowest BCUT2D eigenvalue weighted by Crippen LogP contribution is -2.50. The van der Waals surface area contributed by atoms with Gasteiger partial charge in [0.15, 0.2) is 0 Å². The Morgan fingerprint density at radius 1 is 1.40 bits per heavy atom. The van der Waals surface area contributed by atoms with Gasteiger partial charge in [-0.25, -0.2) is 0 Å². The van der Waals surface area contributed by atoms with Crippen LogP contribution in [0.1, 0.15) is 24.8 Å². The van der Waals surface area contributed by atoms with Crippen molar-refractivity contribution in [2.45, 2.75) is 31.7 Å². The second-order valence-corrected chi connectivity index (χ2v) is 5.48. The zero-order valence-corrected chi connectivity index (χ0v) is 11.0. The molecule has 1 N–H and O–H groups in total. The van der Waals surface area contributed by atoms with Gasteiger partial charge in [-0.15, -0.1) is 0 Å². The quantitative estimate of drug-likeness (QED) is 0.661. The number of benzene rings is 1. The zero-order chi connectivity index (χ0) is 14.3. The first-order chi connectivity index (χ1) is 9.58. The Labute approximate surface area is 116 Å². The maximum absolute atomic E-state index is 11.5. The average molecular weight is 276 g/mol. The van der Waals surface area contributed by atoms with E-state index in [0.29, 0.717) is 6.42 Å². The van der Waals surface area contributed by atoms with Crippen LogP contribution in [0.15, 0.2) is 18.2 Å². The molecule has 1 aromatic rings. The van der Waals surface area contributed by atoms with E-state index in [2.05, 4.69) is 4.90 Å². The summed E-state index contributed by atoms with van der Waals surface area (Å²) in [4.78, 5) is 24.0. The molecule has 0 radical (unpaired) electrons. The maximum atomic E-state index is 11.5. The molecule has 0 saturated carbocycles. The molecule has 0 aliphatic carbocycles. The average Bonchev–Trinajstić information content (AvgIpc) is 2.45. The van der Waals surface area contributed by atoms with E-state index in [0.717, 1.165) is 37.1 Å². The van der Waals surface area contributed by atoms with Crippen LogP contribution in [0.4, 0.5) is 11.4 Å². The van der Waals surface area contributed by atoms with Crippen LogP contribution < -0.4 is 4.90 Å². The molecule has 20 heavy (non-hydrogen) atoms. The second-order valence-electron chi connectivity index (χ2n) is 5.48. The molecule has 1 aromatic carbocycles. The molecule has 0 unspecified atom stereocenters. The summed E-state index contributed by atoms with van der Waals surface area (Å²) in [6, 6.07) is 4.82. The molecule has 3 rings (SSSR count). The molecule has 6 heteroatoms. The van der Waals surface area contributed by atoms with E-state index in [-0.39, 0.29) is 11.7 Å². The van der Waals surface area contributed by atoms with Crippen LogP contribution >= 0.6 is 0 Å². The fraction of sp³-hybridized carbons (Fsp3) is 0.500. The Bertz CT molecular complexity index is 572. The summed E-state index contributed by atoms with van der Waals surface area (Å²) in [6.07, 6.45) is 3.35. The number of piperidine rings is 1. The summed E-state index contributed by atoms with van der Waals surface area (Å²) in [5, 5.41) is 20.3. The molecule has 0 amide bonds. The topological polar surface area (TPSA) is 83.7 Å². The third-order valence-electron chi connectivity index (χ3n) is 4.35. The Hall–Kier alpha value is -2.11. The highest BCUT2D eigenvalue weighted by molar-refractivity contribution is 5.75. The summed E-state index contributed by atoms with van der Waals surface area (Å²) >= 11 is 0. The van der Waals surface area contributed by atoms with Gasteiger partial charge < -0.3 is 10.0 Å². The molecule has 106 valence electrons. The van der Waals surface area contributed by atoms with Crippen LogP contribution in [0, 0.1) is 16.0 Å². The first-order valence-corrected chi connectivity index (χ1v) is 6.84. The number of nitrogens with zero attached hydrogens (tertiary/aromatic N) is 2. The highest BCUT2D eigenvalue weighted by atomic mass is 16.6. The largest absolute Gasteiger partial charge is 0.481 e. The predicted octanol–water partition coefficient (Wildman–Crippen LogP) is 2.21. The van der Waals surface area contributed by atoms with Crippen molar-refractivity contribution in [2.75, 3.05) is 11.4 Å². The van der Waals surface area contributed by atoms with Gasteiger partial charge in [-0.05, 0) is 37.3 Å². The molecular formula is C14H16N2O4. The molecule has 0 spiro atoms. The van der Waals surface area contributed by atoms with Crippen molar-refractivity contribution in [2.24, 2.45) is 5.92 Å². The highest BCUT2D eigenvalue weighted by Gasteiger charge is 2.39. The minimum Gasteiger partial charge on any atom is -0.481 e. The van der Waals surface area contributed by atoms with Crippen LogP contribution in [-0.2, 0) is 11.2 Å². The number of hydrogen-bond donors (Lipinski definition) is 1. The molecule has 2 atom stereocenters. The third kappa shape index (κ3) is 2.01. The van der Waals surface area contributed by atoms with E-state index >= 15 is 0 Å². The van der Waals surface area contributed by atoms with Gasteiger partial charge in [0.05, 0.1) is 10.8 Å². The fourth-order valence-electron chi connectivity index (χ4n) is 3.43. The van der Waals surface area contributed by atoms with Crippen molar-refractivity contribution >= 4 is 17.3 Å². The molecule has 1 fully saturated rings. The Balaban J connectivity index is 2.04. The van der Waals surface area contributed by atoms with Gasteiger partial charge in [0.2, 0.25) is 0 Å². The van der Waals surface area contributed by atoms with Crippen LogP contribution in [0.5, 0.6) is 0 Å². The number of carboxylic acid groups (broad SMARTS) is 1. The minimum absolute atomic E-state index is 0.0233. The fourth-order valence-corrected chi connectivity index (χ4v) is 3.43. The molecular weight excluding hydrogens is 260 g/mol. The van der Waals surface area contributed by atoms with Crippen LogP contribution in [-0.4, -0.2) is 28.6 Å². The smallest absolute Gasteiger partial charge is 0.308 e. The third-order valence-corrected chi connectivity index (χ3v) is 4.35. The van der Waals surface area contributed by atoms with Gasteiger partial charge in [-0.3, -0.25) is 14.9 Å². The summed E-state index contributed by atoms with van der Waals surface area (Å²) in [5.74, 6) is -1.27. The van der Waals surface area contributed by atoms with Crippen molar-refractivity contribution in [3.63, 3.8) is 0 Å². The number of hydrogen-bond acceptors (Lipinski definition) is 4. The predicted molar refractivity (Wildman–Crippen MR) is 72.9 cm³/mol. The van der Waals surface area contributed by atoms with E-state index in [1.165, 1.54) is 12.1 Å². The number of aliphatic carboxylic acids is 1. The standard InChI is InChI=1S/C14H16N2O4/c17-14(18)11-8-9-7-10(16(19)20)4-5-12(9)15-6-2-1-3-13(11)15/h4-5,7,11,13H,1-3,6,8H2,(H,17,18)/t11-,13+/m1/s1. The van der Waals surface area contributed by atoms with Gasteiger partial charge in [0.1, 0.15) is 0 Å². The van der Waals surface area contributed by atoms with Crippen molar-refractivity contribution in [1.82, 2.24) is 0 Å². The lowest BCUT2D eigenvalue weighted by Gasteiger charge is -2.45. The van der Waals surface area contributed by atoms with Gasteiger partial charge in [0.25, 0.3) is 5.69 Å². The van der Waals surface area contributed by atoms with Crippen molar-refractivity contribution < 1.29 is 14.8 Å². The summed E-state index contributed by atoms with van der Waals surface area (Å²) in [7, 11) is 0. The van der Waals surface area contributed by atoms with E-state index in [9.17, 15) is 20.0 Å². The van der Waals surface area contributed by atoms with E-state index in [4.69, 9.17) is 0 Å². The monoisotopic (exact) mass is 276 g/mol. The van der Waals surface area contributed by atoms with Crippen LogP contribution in [0.25, 0.3) is 0 Å². The van der Waals surface area contributed by atoms with Gasteiger partial charge >= 0.3 is 5.97 Å². The van der Waals surface area contributed by atoms with Gasteiger partial charge in [-0.2, -0.15) is 0 Å². The number of non-ortho nitro benzene ring substituents is 1. The number of fused-ring (bicyclic) bond motifs is 3. The Morgan fingerprint density at radius 3 is 2.90 bits per heavy atom. The second kappa shape index (κ2) is 4.77. The molecule has 1 saturated heterocycles. The number of nitro groups is 1. The van der Waals surface area contributed by atoms with E-state index in [1.54, 1.807) is 6.07 Å². The zero-order valence-electron chi connectivity index (χ0n) is 11.0. The van der Waals surface area contributed by atoms with Crippen LogP contribution in [0.2, 0.25) is 0 Å². The van der Waals surface area contributed by atoms with Crippen molar-refractivity contribution in [1.29, 1.82) is 0 Å². The summed E-state index contributed by atoms with van der Waals surface area (Å²) in [5.41, 5.74) is 1.78. The van der Waals surface area contributed by atoms with Crippen molar-refractivity contribution in [3.8, 4) is 0 Å².